The second-order valence-electron chi connectivity index (χ2n) is 4.35. The van der Waals surface area contributed by atoms with E-state index in [0.29, 0.717) is 12.0 Å². The number of fused-ring (bicyclic) bond motifs is 1. The van der Waals surface area contributed by atoms with Crippen LogP contribution in [0.25, 0.3) is 11.0 Å². The third kappa shape index (κ3) is 2.36. The van der Waals surface area contributed by atoms with E-state index in [1.54, 1.807) is 30.9 Å². The molecule has 5 nitrogen and oxygen atoms in total. The molecule has 0 fully saturated rings. The molecule has 6 heteroatoms. The summed E-state index contributed by atoms with van der Waals surface area (Å²) >= 11 is 0. The van der Waals surface area contributed by atoms with Gasteiger partial charge in [0.15, 0.2) is 0 Å². The average molecular weight is 253 g/mol. The summed E-state index contributed by atoms with van der Waals surface area (Å²) < 4.78 is 2.03. The zero-order valence-corrected chi connectivity index (χ0v) is 10.1. The number of rotatable bonds is 3. The van der Waals surface area contributed by atoms with Gasteiger partial charge in [0.2, 0.25) is 0 Å². The van der Waals surface area contributed by atoms with E-state index in [2.05, 4.69) is 9.97 Å². The molecule has 0 atom stereocenters. The minimum absolute atomic E-state index is 0.489. The molecule has 0 bridgehead atoms. The van der Waals surface area contributed by atoms with Gasteiger partial charge in [-0.1, -0.05) is 24.3 Å². The molecule has 94 valence electrons. The Morgan fingerprint density at radius 3 is 2.63 bits per heavy atom. The smallest absolute Gasteiger partial charge is 0.423 e. The second kappa shape index (κ2) is 4.83. The largest absolute Gasteiger partial charge is 0.488 e. The standard InChI is InChI=1S/C13H12BN3O2/c18-14(19)11-3-1-10(2-4-11)8-17-9-16-12-7-15-6-5-13(12)17/h1-7,9,18-19H,8H2. The Morgan fingerprint density at radius 1 is 1.11 bits per heavy atom. The van der Waals surface area contributed by atoms with Crippen LogP contribution in [0.5, 0.6) is 0 Å². The highest BCUT2D eigenvalue weighted by Crippen LogP contribution is 2.12. The normalized spacial score (nSPS) is 10.8. The highest BCUT2D eigenvalue weighted by atomic mass is 16.4. The van der Waals surface area contributed by atoms with Crippen LogP contribution in [-0.2, 0) is 6.54 Å². The van der Waals surface area contributed by atoms with Crippen molar-refractivity contribution in [1.29, 1.82) is 0 Å². The lowest BCUT2D eigenvalue weighted by Crippen LogP contribution is -2.29. The number of benzene rings is 1. The van der Waals surface area contributed by atoms with Crippen LogP contribution in [-0.4, -0.2) is 31.7 Å². The van der Waals surface area contributed by atoms with Crippen molar-refractivity contribution in [2.75, 3.05) is 0 Å². The number of hydrogen-bond acceptors (Lipinski definition) is 4. The van der Waals surface area contributed by atoms with Gasteiger partial charge < -0.3 is 14.6 Å². The van der Waals surface area contributed by atoms with E-state index in [1.807, 2.05) is 22.8 Å². The Morgan fingerprint density at radius 2 is 1.89 bits per heavy atom. The van der Waals surface area contributed by atoms with Gasteiger partial charge in [-0.15, -0.1) is 0 Å². The van der Waals surface area contributed by atoms with Crippen LogP contribution in [0.3, 0.4) is 0 Å². The van der Waals surface area contributed by atoms with Gasteiger partial charge in [0.05, 0.1) is 18.0 Å². The van der Waals surface area contributed by atoms with Crippen LogP contribution < -0.4 is 5.46 Å². The van der Waals surface area contributed by atoms with Crippen molar-refractivity contribution in [2.24, 2.45) is 0 Å². The highest BCUT2D eigenvalue weighted by Gasteiger charge is 2.10. The fourth-order valence-corrected chi connectivity index (χ4v) is 2.03. The zero-order valence-electron chi connectivity index (χ0n) is 10.1. The van der Waals surface area contributed by atoms with Gasteiger partial charge in [-0.2, -0.15) is 0 Å². The number of nitrogens with zero attached hydrogens (tertiary/aromatic N) is 3. The first-order chi connectivity index (χ1) is 9.24. The molecule has 0 aliphatic rings. The van der Waals surface area contributed by atoms with Crippen molar-refractivity contribution >= 4 is 23.6 Å². The summed E-state index contributed by atoms with van der Waals surface area (Å²) in [6, 6.07) is 9.10. The number of aromatic nitrogens is 3. The van der Waals surface area contributed by atoms with E-state index in [0.717, 1.165) is 16.6 Å². The van der Waals surface area contributed by atoms with Gasteiger partial charge in [0.1, 0.15) is 5.52 Å². The topological polar surface area (TPSA) is 71.2 Å². The molecule has 2 heterocycles. The predicted molar refractivity (Wildman–Crippen MR) is 72.9 cm³/mol. The van der Waals surface area contributed by atoms with Crippen LogP contribution >= 0.6 is 0 Å². The third-order valence-electron chi connectivity index (χ3n) is 3.05. The third-order valence-corrected chi connectivity index (χ3v) is 3.05. The molecule has 3 aromatic rings. The van der Waals surface area contributed by atoms with E-state index >= 15 is 0 Å². The molecule has 0 radical (unpaired) electrons. The number of hydrogen-bond donors (Lipinski definition) is 2. The molecule has 0 spiro atoms. The van der Waals surface area contributed by atoms with Gasteiger partial charge in [0.25, 0.3) is 0 Å². The zero-order chi connectivity index (χ0) is 13.2. The quantitative estimate of drug-likeness (QED) is 0.652. The van der Waals surface area contributed by atoms with Crippen molar-refractivity contribution in [2.45, 2.75) is 6.54 Å². The molecule has 1 aromatic carbocycles. The molecule has 0 aliphatic carbocycles. The molecule has 0 saturated heterocycles. The number of pyridine rings is 1. The van der Waals surface area contributed by atoms with Crippen molar-refractivity contribution < 1.29 is 10.0 Å². The Labute approximate surface area is 110 Å². The summed E-state index contributed by atoms with van der Waals surface area (Å²) in [7, 11) is -1.42. The molecule has 0 saturated carbocycles. The first kappa shape index (κ1) is 11.9. The summed E-state index contributed by atoms with van der Waals surface area (Å²) in [4.78, 5) is 8.31. The predicted octanol–water partition coefficient (Wildman–Crippen LogP) is 0.159. The van der Waals surface area contributed by atoms with Gasteiger partial charge in [-0.25, -0.2) is 4.98 Å². The van der Waals surface area contributed by atoms with Gasteiger partial charge in [-0.3, -0.25) is 4.98 Å². The fraction of sp³-hybridized carbons (Fsp3) is 0.0769. The van der Waals surface area contributed by atoms with E-state index in [4.69, 9.17) is 10.0 Å². The summed E-state index contributed by atoms with van der Waals surface area (Å²) in [5, 5.41) is 18.1. The maximum atomic E-state index is 9.05. The molecule has 2 N–H and O–H groups in total. The van der Waals surface area contributed by atoms with Crippen molar-refractivity contribution in [1.82, 2.24) is 14.5 Å². The van der Waals surface area contributed by atoms with Crippen molar-refractivity contribution in [3.8, 4) is 0 Å². The van der Waals surface area contributed by atoms with Crippen LogP contribution in [0, 0.1) is 0 Å². The SMILES string of the molecule is OB(O)c1ccc(Cn2cnc3cnccc32)cc1. The van der Waals surface area contributed by atoms with E-state index < -0.39 is 7.12 Å². The van der Waals surface area contributed by atoms with Gasteiger partial charge in [-0.05, 0) is 17.1 Å². The lowest BCUT2D eigenvalue weighted by Gasteiger charge is -2.05. The fourth-order valence-electron chi connectivity index (χ4n) is 2.03. The lowest BCUT2D eigenvalue weighted by atomic mass is 9.80. The minimum atomic E-state index is -1.42. The monoisotopic (exact) mass is 253 g/mol. The molecule has 19 heavy (non-hydrogen) atoms. The summed E-state index contributed by atoms with van der Waals surface area (Å²) in [6.45, 7) is 0.683. The Kier molecular flexibility index (Phi) is 3.02. The Balaban J connectivity index is 1.88. The molecule has 0 amide bonds. The molecular weight excluding hydrogens is 241 g/mol. The number of imidazole rings is 1. The van der Waals surface area contributed by atoms with Crippen LogP contribution in [0.15, 0.2) is 49.1 Å². The summed E-state index contributed by atoms with van der Waals surface area (Å²) in [6.07, 6.45) is 5.25. The maximum Gasteiger partial charge on any atom is 0.488 e. The summed E-state index contributed by atoms with van der Waals surface area (Å²) in [5.74, 6) is 0. The van der Waals surface area contributed by atoms with Crippen LogP contribution in [0.2, 0.25) is 0 Å². The van der Waals surface area contributed by atoms with Gasteiger partial charge >= 0.3 is 7.12 Å². The first-order valence-corrected chi connectivity index (χ1v) is 5.94. The Hall–Kier alpha value is -2.18. The minimum Gasteiger partial charge on any atom is -0.423 e. The van der Waals surface area contributed by atoms with Crippen molar-refractivity contribution in [3.63, 3.8) is 0 Å². The van der Waals surface area contributed by atoms with Crippen LogP contribution in [0.1, 0.15) is 5.56 Å². The molecular formula is C13H12BN3O2. The van der Waals surface area contributed by atoms with E-state index in [1.165, 1.54) is 0 Å². The highest BCUT2D eigenvalue weighted by molar-refractivity contribution is 6.58. The average Bonchev–Trinajstić information content (AvgIpc) is 2.83. The van der Waals surface area contributed by atoms with Crippen LogP contribution in [0.4, 0.5) is 0 Å². The van der Waals surface area contributed by atoms with E-state index in [-0.39, 0.29) is 0 Å². The lowest BCUT2D eigenvalue weighted by molar-refractivity contribution is 0.426. The first-order valence-electron chi connectivity index (χ1n) is 5.94. The molecule has 0 aliphatic heterocycles. The molecule has 0 unspecified atom stereocenters. The molecule has 2 aromatic heterocycles. The maximum absolute atomic E-state index is 9.05. The van der Waals surface area contributed by atoms with Crippen molar-refractivity contribution in [3.05, 3.63) is 54.6 Å². The molecule has 3 rings (SSSR count). The Bertz CT molecular complexity index is 694. The summed E-state index contributed by atoms with van der Waals surface area (Å²) in [5.41, 5.74) is 3.45. The second-order valence-corrected chi connectivity index (χ2v) is 4.35. The van der Waals surface area contributed by atoms with E-state index in [9.17, 15) is 0 Å². The van der Waals surface area contributed by atoms with Gasteiger partial charge in [0, 0.05) is 12.7 Å².